The first kappa shape index (κ1) is 23.0. The fourth-order valence-corrected chi connectivity index (χ4v) is 5.29. The zero-order valence-corrected chi connectivity index (χ0v) is 19.8. The maximum atomic E-state index is 14.2. The number of nitrogens with zero attached hydrogens (tertiary/aromatic N) is 3. The van der Waals surface area contributed by atoms with Crippen LogP contribution in [0.15, 0.2) is 42.7 Å². The van der Waals surface area contributed by atoms with Gasteiger partial charge < -0.3 is 20.1 Å². The first-order valence-corrected chi connectivity index (χ1v) is 11.9. The number of amides is 3. The molecule has 182 valence electrons. The van der Waals surface area contributed by atoms with Gasteiger partial charge in [0, 0.05) is 37.3 Å². The third-order valence-electron chi connectivity index (χ3n) is 7.08. The minimum Gasteiger partial charge on any atom is -0.351 e. The van der Waals surface area contributed by atoms with Gasteiger partial charge in [0.2, 0.25) is 11.8 Å². The second-order valence-electron chi connectivity index (χ2n) is 9.63. The number of fused-ring (bicyclic) bond motifs is 3. The molecule has 0 saturated heterocycles. The molecule has 3 aromatic rings. The molecule has 1 aliphatic carbocycles. The Bertz CT molecular complexity index is 1320. The molecule has 8 nitrogen and oxygen atoms in total. The lowest BCUT2D eigenvalue weighted by Gasteiger charge is -2.44. The summed E-state index contributed by atoms with van der Waals surface area (Å²) < 4.78 is 15.9. The van der Waals surface area contributed by atoms with E-state index >= 15 is 0 Å². The van der Waals surface area contributed by atoms with Gasteiger partial charge in [-0.3, -0.25) is 19.4 Å². The Labute approximate surface area is 202 Å². The van der Waals surface area contributed by atoms with Crippen LogP contribution < -0.4 is 10.6 Å². The summed E-state index contributed by atoms with van der Waals surface area (Å²) in [5.74, 6) is -1.49. The molecule has 3 heterocycles. The molecule has 1 atom stereocenters. The molecule has 0 bridgehead atoms. The largest absolute Gasteiger partial charge is 0.351 e. The van der Waals surface area contributed by atoms with E-state index in [1.807, 2.05) is 6.07 Å². The predicted molar refractivity (Wildman–Crippen MR) is 129 cm³/mol. The van der Waals surface area contributed by atoms with E-state index in [1.54, 1.807) is 40.9 Å². The highest BCUT2D eigenvalue weighted by Crippen LogP contribution is 2.40. The van der Waals surface area contributed by atoms with Crippen molar-refractivity contribution in [2.75, 3.05) is 5.32 Å². The van der Waals surface area contributed by atoms with Gasteiger partial charge in [-0.15, -0.1) is 0 Å². The molecule has 1 aromatic carbocycles. The molecule has 5 rings (SSSR count). The molecule has 1 saturated carbocycles. The maximum Gasteiger partial charge on any atom is 0.273 e. The van der Waals surface area contributed by atoms with Crippen LogP contribution in [0, 0.1) is 5.82 Å². The summed E-state index contributed by atoms with van der Waals surface area (Å²) in [5.41, 5.74) is 0.634. The van der Waals surface area contributed by atoms with Crippen molar-refractivity contribution in [1.82, 2.24) is 19.8 Å². The monoisotopic (exact) mass is 477 g/mol. The van der Waals surface area contributed by atoms with E-state index in [0.29, 0.717) is 10.9 Å². The fraction of sp³-hybridized carbons (Fsp3) is 0.385. The number of nitrogens with one attached hydrogen (secondary N) is 2. The number of halogens is 1. The van der Waals surface area contributed by atoms with Gasteiger partial charge in [0.1, 0.15) is 17.1 Å². The SMILES string of the molecule is CC(=O)Nc1c2n(c3ccc(F)cc13)C[C@@](C)(C(=O)NC1CCCC1)N(Cc1cccnc1)C2=O. The number of hydrogen-bond acceptors (Lipinski definition) is 4. The van der Waals surface area contributed by atoms with Gasteiger partial charge in [-0.1, -0.05) is 18.9 Å². The molecular formula is C26H28FN5O3. The normalized spacial score (nSPS) is 20.2. The van der Waals surface area contributed by atoms with Crippen LogP contribution in [0.5, 0.6) is 0 Å². The van der Waals surface area contributed by atoms with Crippen molar-refractivity contribution >= 4 is 34.3 Å². The number of aromatic nitrogens is 2. The molecule has 1 fully saturated rings. The number of anilines is 1. The lowest BCUT2D eigenvalue weighted by molar-refractivity contribution is -0.133. The Morgan fingerprint density at radius 3 is 2.69 bits per heavy atom. The van der Waals surface area contributed by atoms with Crippen molar-refractivity contribution in [2.24, 2.45) is 0 Å². The van der Waals surface area contributed by atoms with Crippen LogP contribution in [0.2, 0.25) is 0 Å². The van der Waals surface area contributed by atoms with Crippen LogP contribution in [0.1, 0.15) is 55.6 Å². The van der Waals surface area contributed by atoms with Gasteiger partial charge in [0.25, 0.3) is 5.91 Å². The maximum absolute atomic E-state index is 14.2. The van der Waals surface area contributed by atoms with Gasteiger partial charge in [-0.05, 0) is 49.6 Å². The quantitative estimate of drug-likeness (QED) is 0.587. The minimum atomic E-state index is -1.21. The highest BCUT2D eigenvalue weighted by molar-refractivity contribution is 6.14. The summed E-state index contributed by atoms with van der Waals surface area (Å²) >= 11 is 0. The van der Waals surface area contributed by atoms with E-state index in [9.17, 15) is 18.8 Å². The van der Waals surface area contributed by atoms with E-state index < -0.39 is 17.3 Å². The molecule has 0 unspecified atom stereocenters. The number of benzene rings is 1. The van der Waals surface area contributed by atoms with Gasteiger partial charge in [-0.25, -0.2) is 4.39 Å². The number of hydrogen-bond donors (Lipinski definition) is 2. The number of carbonyl (C=O) groups is 3. The van der Waals surface area contributed by atoms with E-state index in [2.05, 4.69) is 15.6 Å². The van der Waals surface area contributed by atoms with Gasteiger partial charge in [0.05, 0.1) is 17.7 Å². The Morgan fingerprint density at radius 2 is 2.00 bits per heavy atom. The lowest BCUT2D eigenvalue weighted by Crippen LogP contribution is -2.64. The minimum absolute atomic E-state index is 0.0847. The molecule has 0 radical (unpaired) electrons. The molecule has 9 heteroatoms. The topological polar surface area (TPSA) is 96.3 Å². The summed E-state index contributed by atoms with van der Waals surface area (Å²) in [6.45, 7) is 3.43. The average molecular weight is 478 g/mol. The standard InChI is InChI=1S/C26H28FN5O3/c1-16(33)29-22-20-12-18(27)9-10-21(20)31-15-26(2,25(35)30-19-7-3-4-8-19)32(24(34)23(22)31)14-17-6-5-11-28-13-17/h5-6,9-13,19H,3-4,7-8,14-15H2,1-2H3,(H,29,33)(H,30,35)/t26-/m0/s1. The summed E-state index contributed by atoms with van der Waals surface area (Å²) in [4.78, 5) is 45.6. The van der Waals surface area contributed by atoms with E-state index in [4.69, 9.17) is 0 Å². The first-order chi connectivity index (χ1) is 16.8. The molecule has 35 heavy (non-hydrogen) atoms. The van der Waals surface area contributed by atoms with Crippen LogP contribution >= 0.6 is 0 Å². The second-order valence-corrected chi connectivity index (χ2v) is 9.63. The highest BCUT2D eigenvalue weighted by Gasteiger charge is 2.49. The number of pyridine rings is 1. The van der Waals surface area contributed by atoms with Crippen molar-refractivity contribution in [2.45, 2.75) is 64.2 Å². The van der Waals surface area contributed by atoms with Crippen LogP contribution in [0.25, 0.3) is 10.9 Å². The number of carbonyl (C=O) groups excluding carboxylic acids is 3. The molecular weight excluding hydrogens is 449 g/mol. The van der Waals surface area contributed by atoms with E-state index in [0.717, 1.165) is 31.2 Å². The Hall–Kier alpha value is -3.75. The molecule has 2 N–H and O–H groups in total. The van der Waals surface area contributed by atoms with E-state index in [-0.39, 0.29) is 42.3 Å². The Balaban J connectivity index is 1.66. The Morgan fingerprint density at radius 1 is 1.23 bits per heavy atom. The highest BCUT2D eigenvalue weighted by atomic mass is 19.1. The molecule has 0 spiro atoms. The number of rotatable bonds is 5. The van der Waals surface area contributed by atoms with Gasteiger partial charge >= 0.3 is 0 Å². The molecule has 2 aliphatic rings. The smallest absolute Gasteiger partial charge is 0.273 e. The van der Waals surface area contributed by atoms with Crippen LogP contribution in [0.4, 0.5) is 10.1 Å². The van der Waals surface area contributed by atoms with E-state index in [1.165, 1.54) is 19.1 Å². The van der Waals surface area contributed by atoms with Crippen LogP contribution in [-0.4, -0.2) is 43.8 Å². The first-order valence-electron chi connectivity index (χ1n) is 11.9. The fourth-order valence-electron chi connectivity index (χ4n) is 5.29. The van der Waals surface area contributed by atoms with Crippen molar-refractivity contribution in [3.8, 4) is 0 Å². The van der Waals surface area contributed by atoms with Crippen LogP contribution in [0.3, 0.4) is 0 Å². The molecule has 3 amide bonds. The zero-order valence-electron chi connectivity index (χ0n) is 19.8. The average Bonchev–Trinajstić information content (AvgIpc) is 3.43. The van der Waals surface area contributed by atoms with Gasteiger partial charge in [0.15, 0.2) is 0 Å². The van der Waals surface area contributed by atoms with Crippen molar-refractivity contribution in [3.63, 3.8) is 0 Å². The van der Waals surface area contributed by atoms with Crippen LogP contribution in [-0.2, 0) is 22.7 Å². The summed E-state index contributed by atoms with van der Waals surface area (Å²) in [6.07, 6.45) is 7.28. The molecule has 2 aromatic heterocycles. The lowest BCUT2D eigenvalue weighted by atomic mass is 9.93. The molecule has 1 aliphatic heterocycles. The zero-order chi connectivity index (χ0) is 24.7. The summed E-state index contributed by atoms with van der Waals surface area (Å²) in [7, 11) is 0. The Kier molecular flexibility index (Phi) is 5.78. The van der Waals surface area contributed by atoms with Gasteiger partial charge in [-0.2, -0.15) is 0 Å². The third kappa shape index (κ3) is 4.05. The second kappa shape index (κ2) is 8.79. The van der Waals surface area contributed by atoms with Crippen molar-refractivity contribution in [3.05, 3.63) is 59.8 Å². The summed E-state index contributed by atoms with van der Waals surface area (Å²) in [5, 5.41) is 6.31. The van der Waals surface area contributed by atoms with Crippen molar-refractivity contribution in [1.29, 1.82) is 0 Å². The van der Waals surface area contributed by atoms with Crippen molar-refractivity contribution < 1.29 is 18.8 Å². The summed E-state index contributed by atoms with van der Waals surface area (Å²) in [6, 6.07) is 7.92. The third-order valence-corrected chi connectivity index (χ3v) is 7.08. The predicted octanol–water partition coefficient (Wildman–Crippen LogP) is 3.61.